The number of non-ortho nitro benzene ring substituents is 1. The number of amides is 2. The predicted octanol–water partition coefficient (Wildman–Crippen LogP) is 3.49. The van der Waals surface area contributed by atoms with Gasteiger partial charge in [0.25, 0.3) is 11.6 Å². The summed E-state index contributed by atoms with van der Waals surface area (Å²) >= 11 is 0. The fourth-order valence-electron chi connectivity index (χ4n) is 4.74. The number of nitrogens with one attached hydrogen (secondary N) is 2. The number of rotatable bonds is 9. The van der Waals surface area contributed by atoms with Gasteiger partial charge in [-0.1, -0.05) is 32.0 Å². The van der Waals surface area contributed by atoms with Crippen LogP contribution in [0.25, 0.3) is 0 Å². The molecule has 1 aliphatic rings. The Labute approximate surface area is 213 Å². The summed E-state index contributed by atoms with van der Waals surface area (Å²) in [5, 5.41) is 35.5. The van der Waals surface area contributed by atoms with Gasteiger partial charge in [-0.05, 0) is 48.9 Å². The van der Waals surface area contributed by atoms with Gasteiger partial charge in [-0.2, -0.15) is 0 Å². The molecule has 0 saturated heterocycles. The van der Waals surface area contributed by atoms with Crippen LogP contribution in [0.15, 0.2) is 48.5 Å². The molecule has 3 atom stereocenters. The Morgan fingerprint density at radius 3 is 2.27 bits per heavy atom. The number of hydrogen-bond acceptors (Lipinski definition) is 6. The number of nitrogens with zero attached hydrogens (tertiary/aromatic N) is 1. The first-order valence-electron chi connectivity index (χ1n) is 11.7. The molecule has 0 aromatic heterocycles. The van der Waals surface area contributed by atoms with Gasteiger partial charge in [0.2, 0.25) is 5.91 Å². The highest BCUT2D eigenvalue weighted by molar-refractivity contribution is 6.04. The number of nitro benzene ring substituents is 1. The van der Waals surface area contributed by atoms with Gasteiger partial charge in [0, 0.05) is 35.7 Å². The van der Waals surface area contributed by atoms with Crippen molar-refractivity contribution < 1.29 is 34.3 Å². The molecule has 0 bridgehead atoms. The number of benzene rings is 2. The molecule has 1 fully saturated rings. The zero-order valence-electron chi connectivity index (χ0n) is 20.7. The molecule has 196 valence electrons. The van der Waals surface area contributed by atoms with Crippen LogP contribution in [0.4, 0.5) is 11.4 Å². The van der Waals surface area contributed by atoms with E-state index in [2.05, 4.69) is 10.6 Å². The molecule has 1 saturated carbocycles. The van der Waals surface area contributed by atoms with E-state index < -0.39 is 51.5 Å². The third-order valence-electron chi connectivity index (χ3n) is 7.60. The van der Waals surface area contributed by atoms with Gasteiger partial charge in [0.1, 0.15) is 6.04 Å². The lowest BCUT2D eigenvalue weighted by molar-refractivity contribution is -0.384. The predicted molar refractivity (Wildman–Crippen MR) is 133 cm³/mol. The van der Waals surface area contributed by atoms with E-state index in [0.717, 1.165) is 6.07 Å². The standard InChI is InChI=1S/C26H29N3O8/c1-25(2)19(11-12-26(25,3)24(34)35)22(31)28-20(23(32)33)13-15-7-9-17(10-8-15)27-21(30)16-5-4-6-18(14-16)29(36)37/h4-10,14,19-20H,11-13H2,1-3H3,(H,27,30)(H,28,31)(H,32,33)(H,34,35)/t19?,20-,26?/m0/s1. The maximum atomic E-state index is 13.0. The molecule has 4 N–H and O–H groups in total. The Hall–Kier alpha value is -4.28. The maximum absolute atomic E-state index is 13.0. The Morgan fingerprint density at radius 1 is 1.08 bits per heavy atom. The topological polar surface area (TPSA) is 176 Å². The lowest BCUT2D eigenvalue weighted by Crippen LogP contribution is -2.49. The molecular weight excluding hydrogens is 482 g/mol. The molecule has 2 aromatic carbocycles. The number of carboxylic acid groups (broad SMARTS) is 2. The summed E-state index contributed by atoms with van der Waals surface area (Å²) in [5.41, 5.74) is -1.08. The van der Waals surface area contributed by atoms with Crippen LogP contribution in [0.2, 0.25) is 0 Å². The number of aliphatic carboxylic acids is 2. The number of nitro groups is 1. The second-order valence-corrected chi connectivity index (χ2v) is 10.0. The lowest BCUT2D eigenvalue weighted by Gasteiger charge is -2.38. The van der Waals surface area contributed by atoms with Crippen molar-refractivity contribution in [3.8, 4) is 0 Å². The van der Waals surface area contributed by atoms with Gasteiger partial charge in [-0.25, -0.2) is 4.79 Å². The SMILES string of the molecule is CC1(C(=O)O)CCC(C(=O)N[C@@H](Cc2ccc(NC(=O)c3cccc([N+](=O)[O-])c3)cc2)C(=O)O)C1(C)C. The average molecular weight is 512 g/mol. The van der Waals surface area contributed by atoms with E-state index in [-0.39, 0.29) is 17.7 Å². The van der Waals surface area contributed by atoms with E-state index in [0.29, 0.717) is 24.1 Å². The Morgan fingerprint density at radius 2 is 1.73 bits per heavy atom. The normalized spacial score (nSPS) is 21.0. The third-order valence-corrected chi connectivity index (χ3v) is 7.60. The Kier molecular flexibility index (Phi) is 7.66. The van der Waals surface area contributed by atoms with Crippen molar-refractivity contribution >= 4 is 35.1 Å². The summed E-state index contributed by atoms with van der Waals surface area (Å²) in [6.45, 7) is 5.04. The zero-order chi connectivity index (χ0) is 27.5. The summed E-state index contributed by atoms with van der Waals surface area (Å²) in [7, 11) is 0. The summed E-state index contributed by atoms with van der Waals surface area (Å²) < 4.78 is 0. The molecule has 1 aliphatic carbocycles. The minimum absolute atomic E-state index is 0.0243. The fourth-order valence-corrected chi connectivity index (χ4v) is 4.74. The lowest BCUT2D eigenvalue weighted by atomic mass is 9.65. The minimum atomic E-state index is -1.23. The van der Waals surface area contributed by atoms with E-state index in [1.807, 2.05) is 0 Å². The summed E-state index contributed by atoms with van der Waals surface area (Å²) in [6, 6.07) is 10.4. The molecule has 2 unspecified atom stereocenters. The van der Waals surface area contributed by atoms with Crippen molar-refractivity contribution in [3.63, 3.8) is 0 Å². The van der Waals surface area contributed by atoms with Crippen LogP contribution in [-0.4, -0.2) is 44.9 Å². The Bertz CT molecular complexity index is 1240. The van der Waals surface area contributed by atoms with Gasteiger partial charge in [0.05, 0.1) is 10.3 Å². The van der Waals surface area contributed by atoms with E-state index >= 15 is 0 Å². The van der Waals surface area contributed by atoms with Crippen LogP contribution < -0.4 is 10.6 Å². The quantitative estimate of drug-likeness (QED) is 0.292. The second kappa shape index (κ2) is 10.4. The fraction of sp³-hybridized carbons (Fsp3) is 0.385. The first-order valence-corrected chi connectivity index (χ1v) is 11.7. The number of hydrogen-bond donors (Lipinski definition) is 4. The average Bonchev–Trinajstić information content (AvgIpc) is 3.09. The highest BCUT2D eigenvalue weighted by atomic mass is 16.6. The van der Waals surface area contributed by atoms with Crippen molar-refractivity contribution in [2.45, 2.75) is 46.1 Å². The smallest absolute Gasteiger partial charge is 0.326 e. The molecule has 3 rings (SSSR count). The Balaban J connectivity index is 1.66. The van der Waals surface area contributed by atoms with Crippen LogP contribution in [-0.2, 0) is 20.8 Å². The van der Waals surface area contributed by atoms with Crippen LogP contribution in [0.3, 0.4) is 0 Å². The summed E-state index contributed by atoms with van der Waals surface area (Å²) in [4.78, 5) is 59.4. The molecule has 2 amide bonds. The number of anilines is 1. The highest BCUT2D eigenvalue weighted by Crippen LogP contribution is 2.56. The summed E-state index contributed by atoms with van der Waals surface area (Å²) in [6.07, 6.45) is 0.630. The van der Waals surface area contributed by atoms with Crippen LogP contribution >= 0.6 is 0 Å². The van der Waals surface area contributed by atoms with Crippen LogP contribution in [0.1, 0.15) is 49.5 Å². The van der Waals surface area contributed by atoms with Gasteiger partial charge in [0.15, 0.2) is 0 Å². The molecule has 37 heavy (non-hydrogen) atoms. The molecule has 0 heterocycles. The molecule has 0 spiro atoms. The van der Waals surface area contributed by atoms with Crippen molar-refractivity contribution in [1.82, 2.24) is 5.32 Å². The van der Waals surface area contributed by atoms with Crippen molar-refractivity contribution in [1.29, 1.82) is 0 Å². The van der Waals surface area contributed by atoms with Crippen molar-refractivity contribution in [3.05, 3.63) is 69.8 Å². The molecular formula is C26H29N3O8. The molecule has 11 heteroatoms. The number of carboxylic acids is 2. The summed E-state index contributed by atoms with van der Waals surface area (Å²) in [5.74, 6) is -3.90. The van der Waals surface area contributed by atoms with E-state index in [1.54, 1.807) is 45.0 Å². The first kappa shape index (κ1) is 27.3. The molecule has 0 radical (unpaired) electrons. The largest absolute Gasteiger partial charge is 0.481 e. The van der Waals surface area contributed by atoms with Crippen molar-refractivity contribution in [2.75, 3.05) is 5.32 Å². The highest BCUT2D eigenvalue weighted by Gasteiger charge is 2.58. The van der Waals surface area contributed by atoms with E-state index in [4.69, 9.17) is 0 Å². The van der Waals surface area contributed by atoms with Gasteiger partial charge in [-0.3, -0.25) is 24.5 Å². The maximum Gasteiger partial charge on any atom is 0.326 e. The van der Waals surface area contributed by atoms with Crippen LogP contribution in [0.5, 0.6) is 0 Å². The van der Waals surface area contributed by atoms with Gasteiger partial charge >= 0.3 is 11.9 Å². The van der Waals surface area contributed by atoms with Crippen LogP contribution in [0, 0.1) is 26.9 Å². The number of carbonyl (C=O) groups excluding carboxylic acids is 2. The first-order chi connectivity index (χ1) is 17.3. The third kappa shape index (κ3) is 5.60. The molecule has 2 aromatic rings. The zero-order valence-corrected chi connectivity index (χ0v) is 20.7. The monoisotopic (exact) mass is 511 g/mol. The van der Waals surface area contributed by atoms with Gasteiger partial charge < -0.3 is 20.8 Å². The second-order valence-electron chi connectivity index (χ2n) is 10.0. The molecule has 11 nitrogen and oxygen atoms in total. The minimum Gasteiger partial charge on any atom is -0.481 e. The van der Waals surface area contributed by atoms with Crippen molar-refractivity contribution in [2.24, 2.45) is 16.7 Å². The number of carbonyl (C=O) groups is 4. The van der Waals surface area contributed by atoms with Gasteiger partial charge in [-0.15, -0.1) is 0 Å². The van der Waals surface area contributed by atoms with E-state index in [9.17, 15) is 39.5 Å². The van der Waals surface area contributed by atoms with E-state index in [1.165, 1.54) is 18.2 Å². The molecule has 0 aliphatic heterocycles.